The van der Waals surface area contributed by atoms with E-state index in [1.54, 1.807) is 7.11 Å². The number of carboxylic acids is 1. The number of benzene rings is 1. The Morgan fingerprint density at radius 2 is 1.81 bits per heavy atom. The van der Waals surface area contributed by atoms with Crippen LogP contribution in [0, 0.1) is 0 Å². The number of aryl methyl sites for hydroxylation is 1. The monoisotopic (exact) mass is 541 g/mol. The summed E-state index contributed by atoms with van der Waals surface area (Å²) in [6, 6.07) is 7.96. The number of para-hydroxylation sites is 1. The molecule has 3 heterocycles. The van der Waals surface area contributed by atoms with Gasteiger partial charge in [0.05, 0.1) is 17.3 Å². The number of carbonyl (C=O) groups is 2. The van der Waals surface area contributed by atoms with E-state index in [2.05, 4.69) is 18.9 Å². The van der Waals surface area contributed by atoms with Crippen molar-refractivity contribution >= 4 is 44.2 Å². The summed E-state index contributed by atoms with van der Waals surface area (Å²) in [4.78, 5) is 40.5. The van der Waals surface area contributed by atoms with E-state index >= 15 is 0 Å². The van der Waals surface area contributed by atoms with Crippen molar-refractivity contribution in [3.63, 3.8) is 0 Å². The van der Waals surface area contributed by atoms with Crippen LogP contribution in [0.2, 0.25) is 0 Å². The van der Waals surface area contributed by atoms with Crippen molar-refractivity contribution in [3.8, 4) is 5.75 Å². The molecular formula is C25H30F3N3O5S. The van der Waals surface area contributed by atoms with Crippen LogP contribution in [0.3, 0.4) is 0 Å². The minimum atomic E-state index is -5.08. The number of halogens is 3. The van der Waals surface area contributed by atoms with E-state index in [-0.39, 0.29) is 11.5 Å². The van der Waals surface area contributed by atoms with E-state index in [0.717, 1.165) is 54.5 Å². The second-order valence-corrected chi connectivity index (χ2v) is 9.77. The Morgan fingerprint density at radius 3 is 2.43 bits per heavy atom. The number of thiophene rings is 1. The highest BCUT2D eigenvalue weighted by Gasteiger charge is 2.38. The molecule has 12 heteroatoms. The highest BCUT2D eigenvalue weighted by Crippen LogP contribution is 2.40. The van der Waals surface area contributed by atoms with Gasteiger partial charge in [-0.25, -0.2) is 4.79 Å². The standard InChI is InChI=1S/C23H29N3O3S.C2HF3O2/c1-4-5-13-26-17-10-7-6-9-16(17)20-18(22(26)27)19(29-3)21(30-20)23(28)25-12-8-11-24(2)14-15-25;3-2(4,5)1(6)7/h6-7,9-10H,4-5,8,11-15H2,1-3H3;(H,6,7). The number of pyridine rings is 1. The Hall–Kier alpha value is -3.12. The summed E-state index contributed by atoms with van der Waals surface area (Å²) >= 11 is 1.39. The van der Waals surface area contributed by atoms with E-state index in [9.17, 15) is 22.8 Å². The van der Waals surface area contributed by atoms with Crippen molar-refractivity contribution in [2.45, 2.75) is 38.9 Å². The Labute approximate surface area is 215 Å². The summed E-state index contributed by atoms with van der Waals surface area (Å²) in [5.41, 5.74) is 0.850. The van der Waals surface area contributed by atoms with Gasteiger partial charge in [0.15, 0.2) is 5.75 Å². The molecule has 202 valence electrons. The summed E-state index contributed by atoms with van der Waals surface area (Å²) in [7, 11) is 3.64. The van der Waals surface area contributed by atoms with Crippen molar-refractivity contribution < 1.29 is 32.6 Å². The van der Waals surface area contributed by atoms with Crippen LogP contribution in [-0.2, 0) is 11.3 Å². The average molecular weight is 542 g/mol. The minimum Gasteiger partial charge on any atom is -0.494 e. The molecular weight excluding hydrogens is 511 g/mol. The number of nitrogens with zero attached hydrogens (tertiary/aromatic N) is 3. The Balaban J connectivity index is 0.000000479. The van der Waals surface area contributed by atoms with Gasteiger partial charge in [-0.1, -0.05) is 31.5 Å². The van der Waals surface area contributed by atoms with Crippen molar-refractivity contribution in [1.29, 1.82) is 0 Å². The lowest BCUT2D eigenvalue weighted by molar-refractivity contribution is -0.192. The molecule has 0 spiro atoms. The number of unbranched alkanes of at least 4 members (excludes halogenated alkanes) is 1. The summed E-state index contributed by atoms with van der Waals surface area (Å²) in [6.45, 7) is 6.03. The molecule has 0 aliphatic carbocycles. The van der Waals surface area contributed by atoms with Crippen molar-refractivity contribution in [3.05, 3.63) is 39.5 Å². The molecule has 1 aromatic carbocycles. The summed E-state index contributed by atoms with van der Waals surface area (Å²) in [5.74, 6) is -2.36. The highest BCUT2D eigenvalue weighted by molar-refractivity contribution is 7.22. The highest BCUT2D eigenvalue weighted by atomic mass is 32.1. The van der Waals surface area contributed by atoms with Crippen LogP contribution in [0.25, 0.3) is 21.0 Å². The van der Waals surface area contributed by atoms with Gasteiger partial charge in [-0.15, -0.1) is 11.3 Å². The fourth-order valence-electron chi connectivity index (χ4n) is 4.21. The fraction of sp³-hybridized carbons (Fsp3) is 0.480. The molecule has 0 radical (unpaired) electrons. The zero-order valence-electron chi connectivity index (χ0n) is 20.9. The quantitative estimate of drug-likeness (QED) is 0.514. The van der Waals surface area contributed by atoms with Gasteiger partial charge in [0, 0.05) is 31.6 Å². The molecule has 1 fully saturated rings. The minimum absolute atomic E-state index is 0.0352. The van der Waals surface area contributed by atoms with Crippen LogP contribution in [-0.4, -0.2) is 77.9 Å². The summed E-state index contributed by atoms with van der Waals surface area (Å²) in [5, 5.41) is 8.66. The smallest absolute Gasteiger partial charge is 0.490 e. The molecule has 0 atom stereocenters. The third-order valence-electron chi connectivity index (χ3n) is 6.15. The van der Waals surface area contributed by atoms with Gasteiger partial charge < -0.3 is 24.2 Å². The molecule has 3 aromatic rings. The van der Waals surface area contributed by atoms with Gasteiger partial charge in [0.1, 0.15) is 10.3 Å². The maximum atomic E-state index is 13.5. The molecule has 0 saturated carbocycles. The van der Waals surface area contributed by atoms with Crippen LogP contribution >= 0.6 is 11.3 Å². The Morgan fingerprint density at radius 1 is 1.14 bits per heavy atom. The number of alkyl halides is 3. The van der Waals surface area contributed by atoms with Gasteiger partial charge >= 0.3 is 12.1 Å². The first-order valence-corrected chi connectivity index (χ1v) is 12.7. The Kier molecular flexibility index (Phi) is 9.19. The predicted molar refractivity (Wildman–Crippen MR) is 137 cm³/mol. The zero-order valence-corrected chi connectivity index (χ0v) is 21.7. The van der Waals surface area contributed by atoms with E-state index < -0.39 is 12.1 Å². The first kappa shape index (κ1) is 28.5. The number of likely N-dealkylation sites (N-methyl/N-ethyl adjacent to an activating group) is 1. The molecule has 0 bridgehead atoms. The fourth-order valence-corrected chi connectivity index (χ4v) is 5.48. The third kappa shape index (κ3) is 6.24. The van der Waals surface area contributed by atoms with Crippen molar-refractivity contribution in [2.75, 3.05) is 40.3 Å². The van der Waals surface area contributed by atoms with Crippen molar-refractivity contribution in [1.82, 2.24) is 14.4 Å². The van der Waals surface area contributed by atoms with Gasteiger partial charge in [0.2, 0.25) is 0 Å². The third-order valence-corrected chi connectivity index (χ3v) is 7.34. The number of ether oxygens (including phenoxy) is 1. The molecule has 8 nitrogen and oxygen atoms in total. The molecule has 1 amide bonds. The largest absolute Gasteiger partial charge is 0.494 e. The number of amides is 1. The van der Waals surface area contributed by atoms with Crippen LogP contribution in [0.1, 0.15) is 35.9 Å². The molecule has 1 aliphatic rings. The normalized spacial score (nSPS) is 14.8. The number of hydrogen-bond donors (Lipinski definition) is 1. The summed E-state index contributed by atoms with van der Waals surface area (Å²) < 4.78 is 40.1. The lowest BCUT2D eigenvalue weighted by Crippen LogP contribution is -2.34. The lowest BCUT2D eigenvalue weighted by atomic mass is 10.1. The number of methoxy groups -OCH3 is 1. The van der Waals surface area contributed by atoms with Crippen LogP contribution in [0.15, 0.2) is 29.1 Å². The number of fused-ring (bicyclic) bond motifs is 3. The van der Waals surface area contributed by atoms with Gasteiger partial charge in [-0.2, -0.15) is 13.2 Å². The molecule has 37 heavy (non-hydrogen) atoms. The van der Waals surface area contributed by atoms with E-state index in [1.807, 2.05) is 33.7 Å². The first-order valence-electron chi connectivity index (χ1n) is 11.9. The maximum Gasteiger partial charge on any atom is 0.490 e. The van der Waals surface area contributed by atoms with E-state index in [0.29, 0.717) is 29.1 Å². The number of carboxylic acid groups (broad SMARTS) is 1. The molecule has 1 saturated heterocycles. The summed E-state index contributed by atoms with van der Waals surface area (Å²) in [6.07, 6.45) is -2.20. The van der Waals surface area contributed by atoms with Crippen molar-refractivity contribution in [2.24, 2.45) is 0 Å². The molecule has 1 N–H and O–H groups in total. The van der Waals surface area contributed by atoms with Crippen LogP contribution in [0.5, 0.6) is 5.75 Å². The zero-order chi connectivity index (χ0) is 27.3. The average Bonchev–Trinajstić information content (AvgIpc) is 3.12. The number of aliphatic carboxylic acids is 1. The first-order chi connectivity index (χ1) is 17.5. The molecule has 2 aromatic heterocycles. The van der Waals surface area contributed by atoms with Crippen LogP contribution in [0.4, 0.5) is 13.2 Å². The number of carbonyl (C=O) groups excluding carboxylic acids is 1. The van der Waals surface area contributed by atoms with E-state index in [4.69, 9.17) is 14.6 Å². The SMILES string of the molecule is CCCCn1c(=O)c2c(OC)c(C(=O)N3CCCN(C)CC3)sc2c2ccccc21.O=C(O)C(F)(F)F. The van der Waals surface area contributed by atoms with Gasteiger partial charge in [-0.3, -0.25) is 9.59 Å². The lowest BCUT2D eigenvalue weighted by Gasteiger charge is -2.20. The predicted octanol–water partition coefficient (Wildman–Crippen LogP) is 4.44. The van der Waals surface area contributed by atoms with Gasteiger partial charge in [-0.05, 0) is 32.5 Å². The van der Waals surface area contributed by atoms with E-state index in [1.165, 1.54) is 11.3 Å². The Bertz CT molecular complexity index is 1340. The molecule has 1 aliphatic heterocycles. The van der Waals surface area contributed by atoms with Crippen LogP contribution < -0.4 is 10.3 Å². The number of rotatable bonds is 5. The number of aromatic nitrogens is 1. The number of hydrogen-bond acceptors (Lipinski definition) is 6. The molecule has 0 unspecified atom stereocenters. The molecule has 4 rings (SSSR count). The topological polar surface area (TPSA) is 92.1 Å². The van der Waals surface area contributed by atoms with Gasteiger partial charge in [0.25, 0.3) is 11.5 Å². The second-order valence-electron chi connectivity index (χ2n) is 8.75. The second kappa shape index (κ2) is 12.0. The maximum absolute atomic E-state index is 13.5.